The molecule has 2 rings (SSSR count). The van der Waals surface area contributed by atoms with Crippen molar-refractivity contribution in [3.05, 3.63) is 29.8 Å². The van der Waals surface area contributed by atoms with Gasteiger partial charge in [0.25, 0.3) is 10.2 Å². The quantitative estimate of drug-likeness (QED) is 0.836. The Kier molecular flexibility index (Phi) is 4.67. The van der Waals surface area contributed by atoms with Crippen LogP contribution in [0, 0.1) is 0 Å². The molecule has 0 amide bonds. The van der Waals surface area contributed by atoms with Gasteiger partial charge in [-0.3, -0.25) is 0 Å². The van der Waals surface area contributed by atoms with Gasteiger partial charge in [0.15, 0.2) is 0 Å². The van der Waals surface area contributed by atoms with Gasteiger partial charge in [-0.25, -0.2) is 0 Å². The van der Waals surface area contributed by atoms with Crippen LogP contribution in [0.3, 0.4) is 0 Å². The van der Waals surface area contributed by atoms with Crippen LogP contribution in [0.2, 0.25) is 0 Å². The molecule has 1 unspecified atom stereocenters. The summed E-state index contributed by atoms with van der Waals surface area (Å²) in [6.07, 6.45) is 1.88. The molecular weight excluding hydrogens is 276 g/mol. The summed E-state index contributed by atoms with van der Waals surface area (Å²) in [5.41, 5.74) is 0.875. The largest absolute Gasteiger partial charge is 0.496 e. The average molecular weight is 298 g/mol. The lowest BCUT2D eigenvalue weighted by Crippen LogP contribution is -2.41. The Labute approximate surface area is 121 Å². The first kappa shape index (κ1) is 15.3. The normalized spacial score (nSPS) is 18.4. The summed E-state index contributed by atoms with van der Waals surface area (Å²) in [5.74, 6) is 0.712. The van der Waals surface area contributed by atoms with Crippen molar-refractivity contribution in [3.63, 3.8) is 0 Å². The first-order valence-electron chi connectivity index (χ1n) is 6.84. The summed E-state index contributed by atoms with van der Waals surface area (Å²) in [6.45, 7) is 3.11. The Morgan fingerprint density at radius 3 is 2.45 bits per heavy atom. The number of ether oxygens (including phenoxy) is 1. The van der Waals surface area contributed by atoms with Crippen molar-refractivity contribution >= 4 is 10.2 Å². The zero-order chi connectivity index (χ0) is 14.8. The second-order valence-corrected chi connectivity index (χ2v) is 7.04. The molecule has 5 nitrogen and oxygen atoms in total. The van der Waals surface area contributed by atoms with E-state index in [1.165, 1.54) is 4.31 Å². The fourth-order valence-electron chi connectivity index (χ4n) is 2.51. The zero-order valence-corrected chi connectivity index (χ0v) is 13.1. The molecule has 20 heavy (non-hydrogen) atoms. The molecule has 0 aromatic heterocycles. The summed E-state index contributed by atoms with van der Waals surface area (Å²) in [4.78, 5) is 0. The monoisotopic (exact) mass is 298 g/mol. The van der Waals surface area contributed by atoms with E-state index in [1.54, 1.807) is 18.5 Å². The molecule has 0 saturated carbocycles. The highest BCUT2D eigenvalue weighted by atomic mass is 32.2. The molecule has 0 aliphatic carbocycles. The van der Waals surface area contributed by atoms with Crippen molar-refractivity contribution in [2.75, 3.05) is 27.2 Å². The van der Waals surface area contributed by atoms with Gasteiger partial charge in [0.2, 0.25) is 0 Å². The van der Waals surface area contributed by atoms with Crippen molar-refractivity contribution in [1.29, 1.82) is 0 Å². The average Bonchev–Trinajstić information content (AvgIpc) is 3.00. The van der Waals surface area contributed by atoms with E-state index in [0.29, 0.717) is 18.8 Å². The van der Waals surface area contributed by atoms with E-state index in [2.05, 4.69) is 0 Å². The Bertz CT molecular complexity index is 553. The minimum atomic E-state index is -3.40. The second kappa shape index (κ2) is 6.11. The minimum Gasteiger partial charge on any atom is -0.496 e. The summed E-state index contributed by atoms with van der Waals surface area (Å²) >= 11 is 0. The number of hydrogen-bond donors (Lipinski definition) is 0. The van der Waals surface area contributed by atoms with Gasteiger partial charge in [0.1, 0.15) is 5.75 Å². The van der Waals surface area contributed by atoms with Crippen molar-refractivity contribution in [2.45, 2.75) is 25.8 Å². The smallest absolute Gasteiger partial charge is 0.282 e. The van der Waals surface area contributed by atoms with Crippen molar-refractivity contribution in [3.8, 4) is 5.75 Å². The summed E-state index contributed by atoms with van der Waals surface area (Å²) < 4.78 is 33.4. The third-order valence-corrected chi connectivity index (χ3v) is 5.95. The number of hydrogen-bond acceptors (Lipinski definition) is 3. The van der Waals surface area contributed by atoms with Crippen molar-refractivity contribution in [1.82, 2.24) is 8.61 Å². The van der Waals surface area contributed by atoms with Gasteiger partial charge < -0.3 is 4.74 Å². The van der Waals surface area contributed by atoms with Crippen LogP contribution in [0.5, 0.6) is 5.75 Å². The summed E-state index contributed by atoms with van der Waals surface area (Å²) in [6, 6.07) is 7.26. The number of benzene rings is 1. The van der Waals surface area contributed by atoms with Gasteiger partial charge >= 0.3 is 0 Å². The maximum atomic E-state index is 12.6. The molecule has 1 aliphatic heterocycles. The Morgan fingerprint density at radius 1 is 1.25 bits per heavy atom. The van der Waals surface area contributed by atoms with Crippen LogP contribution >= 0.6 is 0 Å². The number of methoxy groups -OCH3 is 1. The van der Waals surface area contributed by atoms with Crippen LogP contribution < -0.4 is 4.74 Å². The lowest BCUT2D eigenvalue weighted by molar-refractivity contribution is 0.338. The molecule has 1 atom stereocenters. The third-order valence-electron chi connectivity index (χ3n) is 3.89. The molecule has 1 aliphatic rings. The van der Waals surface area contributed by atoms with Crippen molar-refractivity contribution in [2.24, 2.45) is 0 Å². The second-order valence-electron chi connectivity index (χ2n) is 5.05. The minimum absolute atomic E-state index is 0.267. The predicted octanol–water partition coefficient (Wildman–Crippen LogP) is 2.03. The van der Waals surface area contributed by atoms with Crippen LogP contribution in [0.25, 0.3) is 0 Å². The number of para-hydroxylation sites is 1. The summed E-state index contributed by atoms with van der Waals surface area (Å²) in [7, 11) is -0.172. The topological polar surface area (TPSA) is 49.9 Å². The maximum Gasteiger partial charge on any atom is 0.282 e. The lowest BCUT2D eigenvalue weighted by atomic mass is 10.1. The Balaban J connectivity index is 2.25. The molecule has 112 valence electrons. The molecular formula is C14H22N2O3S. The van der Waals surface area contributed by atoms with Crippen LogP contribution in [-0.4, -0.2) is 44.3 Å². The molecule has 0 N–H and O–H groups in total. The molecule has 1 aromatic rings. The first-order valence-corrected chi connectivity index (χ1v) is 8.24. The third kappa shape index (κ3) is 2.82. The van der Waals surface area contributed by atoms with E-state index < -0.39 is 10.2 Å². The maximum absolute atomic E-state index is 12.6. The SMILES string of the molecule is COc1ccccc1C(C)N(C)S(=O)(=O)N1CCCC1. The molecule has 0 radical (unpaired) electrons. The standard InChI is InChI=1S/C14H22N2O3S/c1-12(13-8-4-5-9-14(13)19-3)15(2)20(17,18)16-10-6-7-11-16/h4-5,8-9,12H,6-7,10-11H2,1-3H3. The van der Waals surface area contributed by atoms with E-state index in [9.17, 15) is 8.42 Å². The van der Waals surface area contributed by atoms with E-state index >= 15 is 0 Å². The molecule has 1 fully saturated rings. The Morgan fingerprint density at radius 2 is 1.85 bits per heavy atom. The first-order chi connectivity index (χ1) is 9.48. The fraction of sp³-hybridized carbons (Fsp3) is 0.571. The van der Waals surface area contributed by atoms with Gasteiger partial charge in [-0.2, -0.15) is 17.0 Å². The molecule has 1 heterocycles. The van der Waals surface area contributed by atoms with Gasteiger partial charge in [0.05, 0.1) is 13.2 Å². The van der Waals surface area contributed by atoms with Gasteiger partial charge in [-0.15, -0.1) is 0 Å². The van der Waals surface area contributed by atoms with Crippen LogP contribution in [0.1, 0.15) is 31.4 Å². The Hall–Kier alpha value is -1.11. The number of nitrogens with zero attached hydrogens (tertiary/aromatic N) is 2. The highest BCUT2D eigenvalue weighted by Crippen LogP contribution is 2.31. The molecule has 1 saturated heterocycles. The van der Waals surface area contributed by atoms with Crippen LogP contribution in [0.4, 0.5) is 0 Å². The lowest BCUT2D eigenvalue weighted by Gasteiger charge is -2.29. The van der Waals surface area contributed by atoms with E-state index in [0.717, 1.165) is 18.4 Å². The highest BCUT2D eigenvalue weighted by Gasteiger charge is 2.33. The highest BCUT2D eigenvalue weighted by molar-refractivity contribution is 7.86. The van der Waals surface area contributed by atoms with Gasteiger partial charge in [-0.1, -0.05) is 18.2 Å². The van der Waals surface area contributed by atoms with Crippen LogP contribution in [0.15, 0.2) is 24.3 Å². The van der Waals surface area contributed by atoms with Gasteiger partial charge in [0, 0.05) is 25.7 Å². The fourth-order valence-corrected chi connectivity index (χ4v) is 4.11. The summed E-state index contributed by atoms with van der Waals surface area (Å²) in [5, 5.41) is 0. The van der Waals surface area contributed by atoms with Gasteiger partial charge in [-0.05, 0) is 25.8 Å². The number of rotatable bonds is 5. The molecule has 0 bridgehead atoms. The van der Waals surface area contributed by atoms with Crippen LogP contribution in [-0.2, 0) is 10.2 Å². The van der Waals surface area contributed by atoms with E-state index in [4.69, 9.17) is 4.74 Å². The molecule has 1 aromatic carbocycles. The van der Waals surface area contributed by atoms with E-state index in [-0.39, 0.29) is 6.04 Å². The van der Waals surface area contributed by atoms with E-state index in [1.807, 2.05) is 31.2 Å². The van der Waals surface area contributed by atoms with Crippen molar-refractivity contribution < 1.29 is 13.2 Å². The zero-order valence-electron chi connectivity index (χ0n) is 12.2. The molecule has 6 heteroatoms. The predicted molar refractivity (Wildman–Crippen MR) is 78.9 cm³/mol. The molecule has 0 spiro atoms.